The van der Waals surface area contributed by atoms with Crippen LogP contribution in [-0.4, -0.2) is 63.8 Å². The highest BCUT2D eigenvalue weighted by molar-refractivity contribution is 5.61. The summed E-state index contributed by atoms with van der Waals surface area (Å²) in [5.41, 5.74) is 3.76. The second-order valence-electron chi connectivity index (χ2n) is 9.89. The highest BCUT2D eigenvalue weighted by Gasteiger charge is 2.34. The average Bonchev–Trinajstić information content (AvgIpc) is 2.97. The van der Waals surface area contributed by atoms with Crippen LogP contribution in [0.3, 0.4) is 0 Å². The van der Waals surface area contributed by atoms with Crippen molar-refractivity contribution in [1.82, 2.24) is 5.32 Å². The summed E-state index contributed by atoms with van der Waals surface area (Å²) in [7, 11) is 1.73. The molecule has 204 valence electrons. The van der Waals surface area contributed by atoms with Crippen molar-refractivity contribution in [3.05, 3.63) is 83.4 Å². The van der Waals surface area contributed by atoms with E-state index in [2.05, 4.69) is 28.4 Å². The molecule has 3 atom stereocenters. The van der Waals surface area contributed by atoms with Crippen LogP contribution in [0.5, 0.6) is 17.2 Å². The van der Waals surface area contributed by atoms with Crippen LogP contribution in [0.4, 0.5) is 5.69 Å². The number of hydrogen-bond acceptors (Lipinski definition) is 8. The van der Waals surface area contributed by atoms with Gasteiger partial charge in [0, 0.05) is 39.3 Å². The Labute approximate surface area is 229 Å². The highest BCUT2D eigenvalue weighted by atomic mass is 16.5. The minimum absolute atomic E-state index is 0.165. The lowest BCUT2D eigenvalue weighted by molar-refractivity contribution is -0.0328. The van der Waals surface area contributed by atoms with Gasteiger partial charge in [-0.3, -0.25) is 0 Å². The van der Waals surface area contributed by atoms with Crippen LogP contribution >= 0.6 is 0 Å². The van der Waals surface area contributed by atoms with Crippen LogP contribution in [-0.2, 0) is 16.1 Å². The molecule has 0 aromatic heterocycles. The fraction of sp³-hybridized carbons (Fsp3) is 0.387. The fourth-order valence-electron chi connectivity index (χ4n) is 5.21. The SMILES string of the molecule is COCCCN1CCOc2ccc(COC3CNCC(O)C3c3ccc(Oc4ccc(C#N)cc4)cc3)cc21. The molecule has 3 aromatic carbocycles. The number of aliphatic hydroxyl groups excluding tert-OH is 1. The van der Waals surface area contributed by atoms with Gasteiger partial charge in [0.15, 0.2) is 0 Å². The van der Waals surface area contributed by atoms with Gasteiger partial charge in [-0.05, 0) is 66.1 Å². The summed E-state index contributed by atoms with van der Waals surface area (Å²) < 4.78 is 23.4. The van der Waals surface area contributed by atoms with Gasteiger partial charge in [0.2, 0.25) is 0 Å². The second-order valence-corrected chi connectivity index (χ2v) is 9.89. The van der Waals surface area contributed by atoms with Crippen LogP contribution in [0.15, 0.2) is 66.7 Å². The maximum absolute atomic E-state index is 10.9. The Bertz CT molecular complexity index is 1260. The lowest BCUT2D eigenvalue weighted by atomic mass is 9.85. The highest BCUT2D eigenvalue weighted by Crippen LogP contribution is 2.34. The largest absolute Gasteiger partial charge is 0.490 e. The van der Waals surface area contributed by atoms with E-state index in [0.717, 1.165) is 48.7 Å². The number of rotatable bonds is 10. The smallest absolute Gasteiger partial charge is 0.142 e. The first-order chi connectivity index (χ1) is 19.1. The lowest BCUT2D eigenvalue weighted by Crippen LogP contribution is -2.49. The number of ether oxygens (including phenoxy) is 4. The van der Waals surface area contributed by atoms with Gasteiger partial charge in [-0.15, -0.1) is 0 Å². The molecule has 0 spiro atoms. The van der Waals surface area contributed by atoms with Crippen LogP contribution in [0.2, 0.25) is 0 Å². The molecule has 5 rings (SSSR count). The topological polar surface area (TPSA) is 96.2 Å². The van der Waals surface area contributed by atoms with Crippen LogP contribution in [0.25, 0.3) is 0 Å². The lowest BCUT2D eigenvalue weighted by Gasteiger charge is -2.36. The van der Waals surface area contributed by atoms with Gasteiger partial charge in [-0.1, -0.05) is 18.2 Å². The predicted octanol–water partition coefficient (Wildman–Crippen LogP) is 4.22. The third-order valence-electron chi connectivity index (χ3n) is 7.22. The van der Waals surface area contributed by atoms with Crippen molar-refractivity contribution in [2.75, 3.05) is 51.4 Å². The Morgan fingerprint density at radius 3 is 2.56 bits per heavy atom. The number of nitrogens with one attached hydrogen (secondary N) is 1. The standard InChI is InChI=1S/C31H35N3O5/c1-36-15-2-13-34-14-16-37-29-12-5-23(17-27(29)34)21-38-30-20-33-19-28(35)31(30)24-6-10-26(11-7-24)39-25-8-3-22(18-32)4-9-25/h3-12,17,28,30-31,33,35H,2,13-16,19-21H2,1H3. The maximum Gasteiger partial charge on any atom is 0.142 e. The number of fused-ring (bicyclic) bond motifs is 1. The minimum atomic E-state index is -0.567. The van der Waals surface area contributed by atoms with Gasteiger partial charge in [-0.25, -0.2) is 0 Å². The molecule has 0 bridgehead atoms. The van der Waals surface area contributed by atoms with E-state index in [9.17, 15) is 5.11 Å². The molecule has 3 unspecified atom stereocenters. The van der Waals surface area contributed by atoms with Crippen LogP contribution in [0.1, 0.15) is 29.0 Å². The molecule has 8 nitrogen and oxygen atoms in total. The summed E-state index contributed by atoms with van der Waals surface area (Å²) in [6.45, 7) is 4.79. The molecule has 1 saturated heterocycles. The van der Waals surface area contributed by atoms with Crippen LogP contribution < -0.4 is 19.7 Å². The van der Waals surface area contributed by atoms with Gasteiger partial charge in [0.25, 0.3) is 0 Å². The Morgan fingerprint density at radius 2 is 1.82 bits per heavy atom. The van der Waals surface area contributed by atoms with E-state index in [1.54, 1.807) is 31.4 Å². The third kappa shape index (κ3) is 6.70. The minimum Gasteiger partial charge on any atom is -0.490 e. The van der Waals surface area contributed by atoms with Crippen molar-refractivity contribution in [3.8, 4) is 23.3 Å². The fourth-order valence-corrected chi connectivity index (χ4v) is 5.21. The van der Waals surface area contributed by atoms with E-state index < -0.39 is 6.10 Å². The molecule has 1 fully saturated rings. The Hall–Kier alpha value is -3.61. The second kappa shape index (κ2) is 13.0. The van der Waals surface area contributed by atoms with Crippen molar-refractivity contribution in [2.24, 2.45) is 0 Å². The molecule has 0 amide bonds. The van der Waals surface area contributed by atoms with E-state index in [1.165, 1.54) is 0 Å². The predicted molar refractivity (Wildman–Crippen MR) is 149 cm³/mol. The summed E-state index contributed by atoms with van der Waals surface area (Å²) in [5, 5.41) is 23.2. The average molecular weight is 530 g/mol. The number of nitriles is 1. The number of piperidine rings is 1. The Kier molecular flexibility index (Phi) is 8.96. The molecule has 2 aliphatic heterocycles. The molecule has 2 aliphatic rings. The molecule has 0 radical (unpaired) electrons. The van der Waals surface area contributed by atoms with E-state index in [1.807, 2.05) is 30.3 Å². The van der Waals surface area contributed by atoms with Gasteiger partial charge >= 0.3 is 0 Å². The Balaban J connectivity index is 1.24. The van der Waals surface area contributed by atoms with E-state index >= 15 is 0 Å². The van der Waals surface area contributed by atoms with Gasteiger partial charge in [0.05, 0.1) is 42.7 Å². The normalized spacial score (nSPS) is 20.5. The zero-order valence-corrected chi connectivity index (χ0v) is 22.2. The van der Waals surface area contributed by atoms with Crippen molar-refractivity contribution >= 4 is 5.69 Å². The van der Waals surface area contributed by atoms with Gasteiger partial charge in [-0.2, -0.15) is 5.26 Å². The quantitative estimate of drug-likeness (QED) is 0.377. The number of hydrogen-bond donors (Lipinski definition) is 2. The van der Waals surface area contributed by atoms with Crippen molar-refractivity contribution < 1.29 is 24.1 Å². The molecular formula is C31H35N3O5. The first kappa shape index (κ1) is 27.0. The zero-order valence-electron chi connectivity index (χ0n) is 22.2. The van der Waals surface area contributed by atoms with Gasteiger partial charge < -0.3 is 34.3 Å². The number of methoxy groups -OCH3 is 1. The van der Waals surface area contributed by atoms with E-state index in [0.29, 0.717) is 43.4 Å². The molecule has 2 N–H and O–H groups in total. The molecule has 8 heteroatoms. The maximum atomic E-state index is 10.9. The molecule has 2 heterocycles. The summed E-state index contributed by atoms with van der Waals surface area (Å²) in [6, 6.07) is 23.1. The summed E-state index contributed by atoms with van der Waals surface area (Å²) in [4.78, 5) is 2.34. The zero-order chi connectivity index (χ0) is 27.0. The molecular weight excluding hydrogens is 494 g/mol. The number of anilines is 1. The van der Waals surface area contributed by atoms with Crippen molar-refractivity contribution in [2.45, 2.75) is 31.2 Å². The summed E-state index contributed by atoms with van der Waals surface area (Å²) in [5.74, 6) is 2.09. The first-order valence-electron chi connectivity index (χ1n) is 13.4. The monoisotopic (exact) mass is 529 g/mol. The number of aliphatic hydroxyl groups is 1. The molecule has 0 aliphatic carbocycles. The van der Waals surface area contributed by atoms with E-state index in [4.69, 9.17) is 24.2 Å². The number of β-amino-alcohol motifs (C(OH)–C–C–N with tert-alkyl or cyclic N) is 1. The van der Waals surface area contributed by atoms with Gasteiger partial charge in [0.1, 0.15) is 23.9 Å². The van der Waals surface area contributed by atoms with Crippen molar-refractivity contribution in [3.63, 3.8) is 0 Å². The first-order valence-corrected chi connectivity index (χ1v) is 13.4. The van der Waals surface area contributed by atoms with Crippen LogP contribution in [0, 0.1) is 11.3 Å². The third-order valence-corrected chi connectivity index (χ3v) is 7.22. The van der Waals surface area contributed by atoms with Crippen molar-refractivity contribution in [1.29, 1.82) is 5.26 Å². The van der Waals surface area contributed by atoms with E-state index in [-0.39, 0.29) is 12.0 Å². The molecule has 0 saturated carbocycles. The molecule has 39 heavy (non-hydrogen) atoms. The number of nitrogens with zero attached hydrogens (tertiary/aromatic N) is 2. The number of benzene rings is 3. The Morgan fingerprint density at radius 1 is 1.05 bits per heavy atom. The summed E-state index contributed by atoms with van der Waals surface area (Å²) in [6.07, 6.45) is 0.202. The summed E-state index contributed by atoms with van der Waals surface area (Å²) >= 11 is 0. The molecule has 3 aromatic rings.